The fourth-order valence-corrected chi connectivity index (χ4v) is 0.395. The summed E-state index contributed by atoms with van der Waals surface area (Å²) in [7, 11) is 1.25. The second-order valence-corrected chi connectivity index (χ2v) is 3.53. The van der Waals surface area contributed by atoms with E-state index >= 15 is 0 Å². The van der Waals surface area contributed by atoms with Crippen LogP contribution >= 0.6 is 0 Å². The number of aliphatic hydroxyl groups excluding tert-OH is 1. The van der Waals surface area contributed by atoms with Crippen molar-refractivity contribution in [3.63, 3.8) is 0 Å². The van der Waals surface area contributed by atoms with Crippen molar-refractivity contribution in [2.45, 2.75) is 26.9 Å². The van der Waals surface area contributed by atoms with Crippen LogP contribution in [-0.4, -0.2) is 24.3 Å². The third-order valence-electron chi connectivity index (χ3n) is 1.32. The zero-order chi connectivity index (χ0) is 9.78. The Morgan fingerprint density at radius 2 is 2.00 bits per heavy atom. The summed E-state index contributed by atoms with van der Waals surface area (Å²) in [5.41, 5.74) is -0.332. The Morgan fingerprint density at radius 3 is 2.33 bits per heavy atom. The van der Waals surface area contributed by atoms with E-state index in [1.54, 1.807) is 0 Å². The highest BCUT2D eigenvalue weighted by Gasteiger charge is 2.19. The Bertz CT molecular complexity index is 214. The average Bonchev–Trinajstić information content (AvgIpc) is 1.97. The average molecular weight is 170 g/mol. The van der Waals surface area contributed by atoms with Gasteiger partial charge < -0.3 is 9.84 Å². The number of esters is 1. The van der Waals surface area contributed by atoms with E-state index in [-0.39, 0.29) is 5.41 Å². The molecule has 0 spiro atoms. The number of carbonyl (C=O) groups is 1. The van der Waals surface area contributed by atoms with Gasteiger partial charge in [-0.2, -0.15) is 0 Å². The minimum Gasteiger partial charge on any atom is -0.459 e. The van der Waals surface area contributed by atoms with Crippen molar-refractivity contribution in [3.8, 4) is 11.8 Å². The van der Waals surface area contributed by atoms with Crippen molar-refractivity contribution >= 4 is 5.97 Å². The molecular weight excluding hydrogens is 156 g/mol. The summed E-state index contributed by atoms with van der Waals surface area (Å²) in [6.07, 6.45) is -0.809. The van der Waals surface area contributed by atoms with Gasteiger partial charge in [-0.25, -0.2) is 4.79 Å². The number of hydrogen-bond acceptors (Lipinski definition) is 3. The minimum absolute atomic E-state index is 0.332. The van der Waals surface area contributed by atoms with E-state index in [1.807, 2.05) is 20.8 Å². The van der Waals surface area contributed by atoms with Crippen LogP contribution < -0.4 is 0 Å². The molecule has 0 aliphatic carbocycles. The molecule has 0 amide bonds. The van der Waals surface area contributed by atoms with Crippen molar-refractivity contribution in [3.05, 3.63) is 0 Å². The lowest BCUT2D eigenvalue weighted by atomic mass is 9.90. The number of carbonyl (C=O) groups excluding carboxylic acids is 1. The molecule has 12 heavy (non-hydrogen) atoms. The maximum Gasteiger partial charge on any atom is 0.384 e. The van der Waals surface area contributed by atoms with Crippen LogP contribution in [0.2, 0.25) is 0 Å². The fourth-order valence-electron chi connectivity index (χ4n) is 0.395. The van der Waals surface area contributed by atoms with Crippen LogP contribution in [0.25, 0.3) is 0 Å². The SMILES string of the molecule is COC(=O)C#CC(O)C(C)(C)C. The van der Waals surface area contributed by atoms with Crippen molar-refractivity contribution in [1.82, 2.24) is 0 Å². The molecule has 0 aromatic rings. The highest BCUT2D eigenvalue weighted by Crippen LogP contribution is 2.17. The molecule has 0 rings (SSSR count). The third-order valence-corrected chi connectivity index (χ3v) is 1.32. The first kappa shape index (κ1) is 11.0. The van der Waals surface area contributed by atoms with Crippen LogP contribution in [0.1, 0.15) is 20.8 Å². The highest BCUT2D eigenvalue weighted by molar-refractivity contribution is 5.88. The number of methoxy groups -OCH3 is 1. The molecule has 3 heteroatoms. The number of rotatable bonds is 0. The number of hydrogen-bond donors (Lipinski definition) is 1. The van der Waals surface area contributed by atoms with Gasteiger partial charge in [-0.05, 0) is 5.41 Å². The topological polar surface area (TPSA) is 46.5 Å². The maximum absolute atomic E-state index is 10.5. The molecule has 0 aliphatic rings. The van der Waals surface area contributed by atoms with Gasteiger partial charge in [0.2, 0.25) is 0 Å². The van der Waals surface area contributed by atoms with Gasteiger partial charge >= 0.3 is 5.97 Å². The second kappa shape index (κ2) is 4.13. The molecule has 0 aromatic heterocycles. The highest BCUT2D eigenvalue weighted by atomic mass is 16.5. The van der Waals surface area contributed by atoms with Gasteiger partial charge in [0.05, 0.1) is 7.11 Å². The van der Waals surface area contributed by atoms with Crippen LogP contribution in [0.4, 0.5) is 0 Å². The van der Waals surface area contributed by atoms with E-state index < -0.39 is 12.1 Å². The molecule has 68 valence electrons. The molecule has 0 radical (unpaired) electrons. The largest absolute Gasteiger partial charge is 0.459 e. The summed E-state index contributed by atoms with van der Waals surface area (Å²) in [5.74, 6) is 3.96. The third kappa shape index (κ3) is 3.99. The Morgan fingerprint density at radius 1 is 1.50 bits per heavy atom. The molecule has 0 aliphatic heterocycles. The molecule has 1 unspecified atom stereocenters. The standard InChI is InChI=1S/C9H14O3/c1-9(2,3)7(10)5-6-8(11)12-4/h7,10H,1-4H3. The summed E-state index contributed by atoms with van der Waals surface area (Å²) < 4.78 is 4.29. The van der Waals surface area contributed by atoms with Crippen molar-refractivity contribution < 1.29 is 14.6 Å². The monoisotopic (exact) mass is 170 g/mol. The molecule has 0 saturated heterocycles. The first-order valence-electron chi connectivity index (χ1n) is 3.65. The first-order chi connectivity index (χ1) is 5.38. The van der Waals surface area contributed by atoms with E-state index in [0.717, 1.165) is 0 Å². The molecule has 0 bridgehead atoms. The molecule has 0 heterocycles. The molecule has 0 fully saturated rings. The van der Waals surface area contributed by atoms with Gasteiger partial charge in [-0.3, -0.25) is 0 Å². The molecule has 3 nitrogen and oxygen atoms in total. The van der Waals surface area contributed by atoms with Gasteiger partial charge in [-0.1, -0.05) is 26.7 Å². The van der Waals surface area contributed by atoms with Crippen LogP contribution in [0.15, 0.2) is 0 Å². The summed E-state index contributed by atoms with van der Waals surface area (Å²) >= 11 is 0. The predicted octanol–water partition coefficient (Wildman–Crippen LogP) is 0.570. The molecular formula is C9H14O3. The Kier molecular flexibility index (Phi) is 3.78. The van der Waals surface area contributed by atoms with Crippen LogP contribution in [0, 0.1) is 17.3 Å². The number of aliphatic hydroxyl groups is 1. The zero-order valence-electron chi connectivity index (χ0n) is 7.84. The van der Waals surface area contributed by atoms with Crippen LogP contribution in [0.3, 0.4) is 0 Å². The van der Waals surface area contributed by atoms with E-state index in [0.29, 0.717) is 0 Å². The molecule has 1 atom stereocenters. The van der Waals surface area contributed by atoms with Crippen molar-refractivity contribution in [2.24, 2.45) is 5.41 Å². The first-order valence-corrected chi connectivity index (χ1v) is 3.65. The molecule has 0 aromatic carbocycles. The Balaban J connectivity index is 4.23. The second-order valence-electron chi connectivity index (χ2n) is 3.53. The van der Waals surface area contributed by atoms with Gasteiger partial charge in [0.25, 0.3) is 0 Å². The van der Waals surface area contributed by atoms with Crippen molar-refractivity contribution in [1.29, 1.82) is 0 Å². The quantitative estimate of drug-likeness (QED) is 0.328. The van der Waals surface area contributed by atoms with Gasteiger partial charge in [-0.15, -0.1) is 0 Å². The van der Waals surface area contributed by atoms with E-state index in [1.165, 1.54) is 7.11 Å². The fraction of sp³-hybridized carbons (Fsp3) is 0.667. The lowest BCUT2D eigenvalue weighted by Crippen LogP contribution is -2.24. The number of ether oxygens (including phenoxy) is 1. The van der Waals surface area contributed by atoms with E-state index in [4.69, 9.17) is 0 Å². The molecule has 0 saturated carbocycles. The van der Waals surface area contributed by atoms with Crippen LogP contribution in [0.5, 0.6) is 0 Å². The summed E-state index contributed by atoms with van der Waals surface area (Å²) in [5, 5.41) is 9.35. The van der Waals surface area contributed by atoms with Gasteiger partial charge in [0, 0.05) is 5.92 Å². The van der Waals surface area contributed by atoms with Gasteiger partial charge in [0.15, 0.2) is 0 Å². The zero-order valence-corrected chi connectivity index (χ0v) is 7.84. The summed E-state index contributed by atoms with van der Waals surface area (Å²) in [4.78, 5) is 10.5. The maximum atomic E-state index is 10.5. The van der Waals surface area contributed by atoms with Gasteiger partial charge in [0.1, 0.15) is 6.10 Å². The van der Waals surface area contributed by atoms with Crippen molar-refractivity contribution in [2.75, 3.05) is 7.11 Å². The smallest absolute Gasteiger partial charge is 0.384 e. The minimum atomic E-state index is -0.809. The Labute approximate surface area is 72.7 Å². The summed E-state index contributed by atoms with van der Waals surface area (Å²) in [6, 6.07) is 0. The lowest BCUT2D eigenvalue weighted by Gasteiger charge is -2.20. The normalized spacial score (nSPS) is 12.8. The Hall–Kier alpha value is -1.01. The predicted molar refractivity (Wildman–Crippen MR) is 45.3 cm³/mol. The van der Waals surface area contributed by atoms with E-state index in [2.05, 4.69) is 16.6 Å². The molecule has 1 N–H and O–H groups in total. The summed E-state index contributed by atoms with van der Waals surface area (Å²) in [6.45, 7) is 5.51. The lowest BCUT2D eigenvalue weighted by molar-refractivity contribution is -0.133. The van der Waals surface area contributed by atoms with E-state index in [9.17, 15) is 9.90 Å². The van der Waals surface area contributed by atoms with Crippen LogP contribution in [-0.2, 0) is 9.53 Å².